The number of aromatic nitrogens is 2. The third-order valence-corrected chi connectivity index (χ3v) is 2.95. The third-order valence-electron chi connectivity index (χ3n) is 2.95. The Labute approximate surface area is 106 Å². The summed E-state index contributed by atoms with van der Waals surface area (Å²) in [6.07, 6.45) is 1.95. The Bertz CT molecular complexity index is 432. The summed E-state index contributed by atoms with van der Waals surface area (Å²) in [5, 5.41) is 15.9. The fraction of sp³-hybridized carbons (Fsp3) is 0.750. The van der Waals surface area contributed by atoms with E-state index in [1.807, 2.05) is 20.8 Å². The van der Waals surface area contributed by atoms with Crippen molar-refractivity contribution in [1.29, 1.82) is 0 Å². The minimum atomic E-state index is -0.808. The van der Waals surface area contributed by atoms with Crippen molar-refractivity contribution in [1.82, 2.24) is 15.5 Å². The molecule has 1 heterocycles. The number of carboxylic acids is 1. The molecular weight excluding hydrogens is 234 g/mol. The standard InChI is InChI=1S/C12H19N3O3/c1-12(2,3)11-14-8(15-18-11)6-13-9(10(16)17)7-4-5-7/h7,9,13H,4-6H2,1-3H3,(H,16,17). The van der Waals surface area contributed by atoms with E-state index in [4.69, 9.17) is 9.63 Å². The van der Waals surface area contributed by atoms with Crippen molar-refractivity contribution >= 4 is 5.97 Å². The van der Waals surface area contributed by atoms with Crippen LogP contribution in [0.5, 0.6) is 0 Å². The third kappa shape index (κ3) is 3.07. The van der Waals surface area contributed by atoms with Crippen LogP contribution in [0.1, 0.15) is 45.3 Å². The lowest BCUT2D eigenvalue weighted by Gasteiger charge is -2.12. The summed E-state index contributed by atoms with van der Waals surface area (Å²) in [7, 11) is 0. The van der Waals surface area contributed by atoms with Gasteiger partial charge in [0.1, 0.15) is 6.04 Å². The maximum Gasteiger partial charge on any atom is 0.320 e. The molecule has 2 N–H and O–H groups in total. The number of carboxylic acid groups (broad SMARTS) is 1. The fourth-order valence-corrected chi connectivity index (χ4v) is 1.72. The van der Waals surface area contributed by atoms with Crippen molar-refractivity contribution in [3.8, 4) is 0 Å². The molecule has 1 atom stereocenters. The zero-order valence-corrected chi connectivity index (χ0v) is 10.9. The lowest BCUT2D eigenvalue weighted by molar-refractivity contribution is -0.140. The predicted octanol–water partition coefficient (Wildman–Crippen LogP) is 1.32. The summed E-state index contributed by atoms with van der Waals surface area (Å²) >= 11 is 0. The molecule has 18 heavy (non-hydrogen) atoms. The molecule has 1 aliphatic carbocycles. The molecule has 1 aliphatic rings. The maximum atomic E-state index is 11.0. The molecule has 1 aromatic heterocycles. The molecule has 0 saturated heterocycles. The monoisotopic (exact) mass is 253 g/mol. The van der Waals surface area contributed by atoms with Crippen LogP contribution in [0.3, 0.4) is 0 Å². The van der Waals surface area contributed by atoms with Crippen molar-refractivity contribution in [3.05, 3.63) is 11.7 Å². The van der Waals surface area contributed by atoms with E-state index in [1.54, 1.807) is 0 Å². The quantitative estimate of drug-likeness (QED) is 0.822. The second-order valence-electron chi connectivity index (χ2n) is 5.80. The summed E-state index contributed by atoms with van der Waals surface area (Å²) in [6, 6.07) is -0.499. The highest BCUT2D eigenvalue weighted by Gasteiger charge is 2.36. The van der Waals surface area contributed by atoms with Gasteiger partial charge in [0.05, 0.1) is 6.54 Å². The van der Waals surface area contributed by atoms with Crippen molar-refractivity contribution in [2.75, 3.05) is 0 Å². The van der Waals surface area contributed by atoms with E-state index < -0.39 is 12.0 Å². The molecule has 0 radical (unpaired) electrons. The van der Waals surface area contributed by atoms with Crippen LogP contribution < -0.4 is 5.32 Å². The maximum absolute atomic E-state index is 11.0. The summed E-state index contributed by atoms with van der Waals surface area (Å²) in [4.78, 5) is 15.3. The molecule has 0 aromatic carbocycles. The normalized spacial score (nSPS) is 17.7. The Hall–Kier alpha value is -1.43. The van der Waals surface area contributed by atoms with Crippen LogP contribution >= 0.6 is 0 Å². The summed E-state index contributed by atoms with van der Waals surface area (Å²) in [6.45, 7) is 6.29. The first-order chi connectivity index (χ1) is 8.38. The second kappa shape index (κ2) is 4.68. The van der Waals surface area contributed by atoms with Gasteiger partial charge < -0.3 is 9.63 Å². The lowest BCUT2D eigenvalue weighted by Crippen LogP contribution is -2.38. The van der Waals surface area contributed by atoms with E-state index in [2.05, 4.69) is 15.5 Å². The molecule has 0 amide bonds. The number of aliphatic carboxylic acids is 1. The first-order valence-electron chi connectivity index (χ1n) is 6.17. The summed E-state index contributed by atoms with van der Waals surface area (Å²) in [5.74, 6) is 0.512. The minimum Gasteiger partial charge on any atom is -0.480 e. The summed E-state index contributed by atoms with van der Waals surface area (Å²) < 4.78 is 5.15. The lowest BCUT2D eigenvalue weighted by atomic mass is 9.97. The number of hydrogen-bond donors (Lipinski definition) is 2. The van der Waals surface area contributed by atoms with Gasteiger partial charge >= 0.3 is 5.97 Å². The number of nitrogens with zero attached hydrogens (tertiary/aromatic N) is 2. The van der Waals surface area contributed by atoms with Gasteiger partial charge in [0.15, 0.2) is 5.82 Å². The predicted molar refractivity (Wildman–Crippen MR) is 64.0 cm³/mol. The van der Waals surface area contributed by atoms with Gasteiger partial charge in [0.2, 0.25) is 5.89 Å². The Kier molecular flexibility index (Phi) is 3.38. The molecule has 6 nitrogen and oxygen atoms in total. The van der Waals surface area contributed by atoms with Crippen LogP contribution in [0.4, 0.5) is 0 Å². The number of hydrogen-bond acceptors (Lipinski definition) is 5. The van der Waals surface area contributed by atoms with E-state index in [0.717, 1.165) is 12.8 Å². The van der Waals surface area contributed by atoms with E-state index >= 15 is 0 Å². The molecular formula is C12H19N3O3. The average molecular weight is 253 g/mol. The van der Waals surface area contributed by atoms with Gasteiger partial charge in [-0.1, -0.05) is 25.9 Å². The Morgan fingerprint density at radius 2 is 2.22 bits per heavy atom. The smallest absolute Gasteiger partial charge is 0.320 e. The zero-order chi connectivity index (χ0) is 13.3. The van der Waals surface area contributed by atoms with E-state index in [0.29, 0.717) is 18.3 Å². The van der Waals surface area contributed by atoms with Gasteiger partial charge in [0, 0.05) is 5.41 Å². The number of nitrogens with one attached hydrogen (secondary N) is 1. The minimum absolute atomic E-state index is 0.187. The highest BCUT2D eigenvalue weighted by atomic mass is 16.5. The SMILES string of the molecule is CC(C)(C)c1nc(CNC(C(=O)O)C2CC2)no1. The van der Waals surface area contributed by atoms with Crippen molar-refractivity contribution in [2.45, 2.75) is 51.6 Å². The van der Waals surface area contributed by atoms with Gasteiger partial charge in [-0.05, 0) is 18.8 Å². The van der Waals surface area contributed by atoms with Crippen LogP contribution in [0, 0.1) is 5.92 Å². The molecule has 0 spiro atoms. The topological polar surface area (TPSA) is 88.2 Å². The van der Waals surface area contributed by atoms with Crippen LogP contribution in [0.15, 0.2) is 4.52 Å². The highest BCUT2D eigenvalue weighted by Crippen LogP contribution is 2.32. The molecule has 0 aliphatic heterocycles. The first kappa shape index (κ1) is 13.0. The van der Waals surface area contributed by atoms with Crippen LogP contribution in [-0.4, -0.2) is 27.3 Å². The van der Waals surface area contributed by atoms with Crippen LogP contribution in [0.25, 0.3) is 0 Å². The van der Waals surface area contributed by atoms with Gasteiger partial charge in [-0.3, -0.25) is 10.1 Å². The number of carbonyl (C=O) groups is 1. The molecule has 2 rings (SSSR count). The first-order valence-corrected chi connectivity index (χ1v) is 6.17. The van der Waals surface area contributed by atoms with E-state index in [9.17, 15) is 4.79 Å². The van der Waals surface area contributed by atoms with E-state index in [1.165, 1.54) is 0 Å². The highest BCUT2D eigenvalue weighted by molar-refractivity contribution is 5.74. The Morgan fingerprint density at radius 3 is 2.67 bits per heavy atom. The molecule has 1 saturated carbocycles. The zero-order valence-electron chi connectivity index (χ0n) is 10.9. The number of rotatable bonds is 5. The van der Waals surface area contributed by atoms with Gasteiger partial charge in [-0.15, -0.1) is 0 Å². The molecule has 1 unspecified atom stereocenters. The largest absolute Gasteiger partial charge is 0.480 e. The van der Waals surface area contributed by atoms with Crippen molar-refractivity contribution in [3.63, 3.8) is 0 Å². The molecule has 0 bridgehead atoms. The molecule has 1 fully saturated rings. The molecule has 6 heteroatoms. The Balaban J connectivity index is 1.93. The summed E-state index contributed by atoms with van der Waals surface area (Å²) in [5.41, 5.74) is -0.187. The Morgan fingerprint density at radius 1 is 1.56 bits per heavy atom. The van der Waals surface area contributed by atoms with Crippen LogP contribution in [-0.2, 0) is 16.8 Å². The van der Waals surface area contributed by atoms with Crippen LogP contribution in [0.2, 0.25) is 0 Å². The van der Waals surface area contributed by atoms with E-state index in [-0.39, 0.29) is 11.3 Å². The fourth-order valence-electron chi connectivity index (χ4n) is 1.72. The van der Waals surface area contributed by atoms with Gasteiger partial charge in [-0.25, -0.2) is 0 Å². The molecule has 100 valence electrons. The average Bonchev–Trinajstić information content (AvgIpc) is 2.94. The van der Waals surface area contributed by atoms with Gasteiger partial charge in [-0.2, -0.15) is 4.98 Å². The van der Waals surface area contributed by atoms with Crippen molar-refractivity contribution in [2.24, 2.45) is 5.92 Å². The van der Waals surface area contributed by atoms with Crippen molar-refractivity contribution < 1.29 is 14.4 Å². The molecule has 1 aromatic rings. The van der Waals surface area contributed by atoms with Gasteiger partial charge in [0.25, 0.3) is 0 Å². The second-order valence-corrected chi connectivity index (χ2v) is 5.80.